The summed E-state index contributed by atoms with van der Waals surface area (Å²) in [6.45, 7) is 17.2. The van der Waals surface area contributed by atoms with Gasteiger partial charge in [-0.3, -0.25) is 4.79 Å². The molecule has 0 aliphatic heterocycles. The van der Waals surface area contributed by atoms with E-state index in [2.05, 4.69) is 16.0 Å². The van der Waals surface area contributed by atoms with E-state index in [1.54, 1.807) is 20.8 Å². The molecule has 10 heteroatoms. The molecule has 0 bridgehead atoms. The monoisotopic (exact) mass is 577 g/mol. The van der Waals surface area contributed by atoms with Gasteiger partial charge < -0.3 is 30.2 Å². The average Bonchev–Trinajstić information content (AvgIpc) is 2.82. The van der Waals surface area contributed by atoms with Crippen LogP contribution in [0.3, 0.4) is 0 Å². The second-order valence-electron chi connectivity index (χ2n) is 13.2. The van der Waals surface area contributed by atoms with E-state index < -0.39 is 35.3 Å². The lowest BCUT2D eigenvalue weighted by Gasteiger charge is -2.32. The summed E-state index contributed by atoms with van der Waals surface area (Å²) in [5, 5.41) is 8.38. The summed E-state index contributed by atoms with van der Waals surface area (Å²) in [7, 11) is 0. The molecule has 232 valence electrons. The van der Waals surface area contributed by atoms with Crippen LogP contribution in [0.25, 0.3) is 0 Å². The zero-order valence-electron chi connectivity index (χ0n) is 26.3. The third kappa shape index (κ3) is 17.2. The Morgan fingerprint density at radius 1 is 0.780 bits per heavy atom. The van der Waals surface area contributed by atoms with Gasteiger partial charge in [0.25, 0.3) is 0 Å². The Labute approximate surface area is 245 Å². The predicted octanol–water partition coefficient (Wildman–Crippen LogP) is 5.63. The molecule has 3 amide bonds. The molecule has 0 aliphatic rings. The van der Waals surface area contributed by atoms with E-state index >= 15 is 0 Å². The van der Waals surface area contributed by atoms with Crippen LogP contribution in [0.1, 0.15) is 100.0 Å². The molecule has 0 spiro atoms. The second-order valence-corrected chi connectivity index (χ2v) is 13.2. The lowest BCUT2D eigenvalue weighted by Crippen LogP contribution is -2.53. The largest absolute Gasteiger partial charge is 0.460 e. The Bertz CT molecular complexity index is 976. The van der Waals surface area contributed by atoms with Crippen LogP contribution in [0, 0.1) is 5.41 Å². The minimum absolute atomic E-state index is 0.149. The number of benzene rings is 1. The van der Waals surface area contributed by atoms with Gasteiger partial charge in [0.15, 0.2) is 0 Å². The van der Waals surface area contributed by atoms with Crippen LogP contribution in [0.4, 0.5) is 9.59 Å². The van der Waals surface area contributed by atoms with Crippen molar-refractivity contribution in [3.63, 3.8) is 0 Å². The first kappa shape index (κ1) is 35.7. The molecule has 0 aromatic heterocycles. The number of hydrogen-bond acceptors (Lipinski definition) is 7. The summed E-state index contributed by atoms with van der Waals surface area (Å²) in [6, 6.07) is 7.63. The Morgan fingerprint density at radius 3 is 1.95 bits per heavy atom. The lowest BCUT2D eigenvalue weighted by atomic mass is 9.84. The van der Waals surface area contributed by atoms with Crippen LogP contribution >= 0.6 is 0 Å². The second kappa shape index (κ2) is 16.2. The molecule has 0 heterocycles. The molecule has 1 rings (SSSR count). The van der Waals surface area contributed by atoms with Gasteiger partial charge in [-0.05, 0) is 78.2 Å². The maximum absolute atomic E-state index is 13.0. The fourth-order valence-corrected chi connectivity index (χ4v) is 3.79. The number of nitrogens with one attached hydrogen (secondary N) is 3. The highest BCUT2D eigenvalue weighted by atomic mass is 16.6. The van der Waals surface area contributed by atoms with E-state index in [0.717, 1.165) is 5.56 Å². The Morgan fingerprint density at radius 2 is 1.39 bits per heavy atom. The molecule has 0 radical (unpaired) electrons. The summed E-state index contributed by atoms with van der Waals surface area (Å²) < 4.78 is 16.1. The van der Waals surface area contributed by atoms with E-state index in [4.69, 9.17) is 14.2 Å². The number of urea groups is 1. The number of ether oxygens (including phenoxy) is 3. The minimum atomic E-state index is -0.884. The van der Waals surface area contributed by atoms with Crippen LogP contribution in [-0.4, -0.2) is 53.9 Å². The van der Waals surface area contributed by atoms with E-state index in [1.165, 1.54) is 0 Å². The van der Waals surface area contributed by atoms with Crippen LogP contribution in [0.5, 0.6) is 0 Å². The SMILES string of the molecule is CC(C)(C)OC(=O)CC[C@H](NC(=O)N[C@@H](CCCCNC(=O)OCc1ccccc1)C(=O)OC(C)(C)C)C(C)(C)C. The van der Waals surface area contributed by atoms with Crippen molar-refractivity contribution < 1.29 is 33.4 Å². The van der Waals surface area contributed by atoms with Gasteiger partial charge in [0, 0.05) is 19.0 Å². The van der Waals surface area contributed by atoms with Gasteiger partial charge in [0.05, 0.1) is 0 Å². The fourth-order valence-electron chi connectivity index (χ4n) is 3.79. The zero-order valence-corrected chi connectivity index (χ0v) is 26.3. The highest BCUT2D eigenvalue weighted by Crippen LogP contribution is 2.24. The van der Waals surface area contributed by atoms with Crippen LogP contribution < -0.4 is 16.0 Å². The molecule has 0 fully saturated rings. The van der Waals surface area contributed by atoms with Crippen LogP contribution in [0.15, 0.2) is 30.3 Å². The summed E-state index contributed by atoms with van der Waals surface area (Å²) in [4.78, 5) is 50.1. The Balaban J connectivity index is 2.65. The molecular formula is C31H51N3O7. The van der Waals surface area contributed by atoms with Crippen molar-refractivity contribution >= 4 is 24.1 Å². The summed E-state index contributed by atoms with van der Waals surface area (Å²) >= 11 is 0. The van der Waals surface area contributed by atoms with Crippen molar-refractivity contribution in [3.8, 4) is 0 Å². The van der Waals surface area contributed by atoms with Crippen molar-refractivity contribution in [2.45, 2.75) is 124 Å². The number of hydrogen-bond donors (Lipinski definition) is 3. The van der Waals surface area contributed by atoms with E-state index in [0.29, 0.717) is 32.2 Å². The van der Waals surface area contributed by atoms with Gasteiger partial charge in [-0.25, -0.2) is 14.4 Å². The minimum Gasteiger partial charge on any atom is -0.460 e. The van der Waals surface area contributed by atoms with Crippen molar-refractivity contribution in [2.24, 2.45) is 5.41 Å². The fraction of sp³-hybridized carbons (Fsp3) is 0.677. The molecule has 41 heavy (non-hydrogen) atoms. The van der Waals surface area contributed by atoms with Crippen molar-refractivity contribution in [1.29, 1.82) is 0 Å². The molecule has 0 unspecified atom stereocenters. The van der Waals surface area contributed by atoms with Gasteiger partial charge in [-0.15, -0.1) is 0 Å². The number of amides is 3. The molecule has 2 atom stereocenters. The van der Waals surface area contributed by atoms with E-state index in [-0.39, 0.29) is 30.5 Å². The quantitative estimate of drug-likeness (QED) is 0.157. The molecule has 3 N–H and O–H groups in total. The smallest absolute Gasteiger partial charge is 0.407 e. The van der Waals surface area contributed by atoms with Crippen molar-refractivity contribution in [3.05, 3.63) is 35.9 Å². The van der Waals surface area contributed by atoms with Gasteiger partial charge in [0.2, 0.25) is 0 Å². The van der Waals surface area contributed by atoms with Gasteiger partial charge in [0.1, 0.15) is 23.9 Å². The zero-order chi connectivity index (χ0) is 31.3. The van der Waals surface area contributed by atoms with E-state index in [9.17, 15) is 19.2 Å². The number of unbranched alkanes of at least 4 members (excludes halogenated alkanes) is 1. The maximum Gasteiger partial charge on any atom is 0.407 e. The van der Waals surface area contributed by atoms with Crippen LogP contribution in [-0.2, 0) is 30.4 Å². The number of carbonyl (C=O) groups is 4. The van der Waals surface area contributed by atoms with Crippen LogP contribution in [0.2, 0.25) is 0 Å². The summed E-state index contributed by atoms with van der Waals surface area (Å²) in [5.41, 5.74) is -0.760. The number of alkyl carbamates (subject to hydrolysis) is 1. The number of rotatable bonds is 13. The third-order valence-electron chi connectivity index (χ3n) is 5.81. The number of esters is 2. The van der Waals surface area contributed by atoms with Crippen molar-refractivity contribution in [1.82, 2.24) is 16.0 Å². The van der Waals surface area contributed by atoms with Gasteiger partial charge in [-0.2, -0.15) is 0 Å². The first-order valence-corrected chi connectivity index (χ1v) is 14.3. The van der Waals surface area contributed by atoms with Gasteiger partial charge in [-0.1, -0.05) is 51.1 Å². The average molecular weight is 578 g/mol. The topological polar surface area (TPSA) is 132 Å². The molecule has 0 saturated carbocycles. The molecule has 10 nitrogen and oxygen atoms in total. The Kier molecular flexibility index (Phi) is 14.1. The summed E-state index contributed by atoms with van der Waals surface area (Å²) in [6.07, 6.45) is 1.45. The standard InChI is InChI=1S/C31H51N3O7/c1-29(2,3)24(18-19-25(35)40-30(4,5)6)34-27(37)33-23(26(36)41-31(7,8)9)17-13-14-20-32-28(38)39-21-22-15-11-10-12-16-22/h10-12,15-16,23-24H,13-14,17-21H2,1-9H3,(H,32,38)(H2,33,34,37)/t23-,24-/m0/s1. The van der Waals surface area contributed by atoms with Gasteiger partial charge >= 0.3 is 24.1 Å². The molecule has 0 saturated heterocycles. The first-order valence-electron chi connectivity index (χ1n) is 14.3. The highest BCUT2D eigenvalue weighted by molar-refractivity contribution is 5.84. The molecular weight excluding hydrogens is 526 g/mol. The normalized spacial score (nSPS) is 13.4. The molecule has 1 aromatic carbocycles. The maximum atomic E-state index is 13.0. The molecule has 0 aliphatic carbocycles. The number of carbonyl (C=O) groups excluding carboxylic acids is 4. The van der Waals surface area contributed by atoms with Crippen molar-refractivity contribution in [2.75, 3.05) is 6.54 Å². The Hall–Kier alpha value is -3.30. The van der Waals surface area contributed by atoms with E-state index in [1.807, 2.05) is 71.9 Å². The lowest BCUT2D eigenvalue weighted by molar-refractivity contribution is -0.157. The molecule has 1 aromatic rings. The predicted molar refractivity (Wildman–Crippen MR) is 158 cm³/mol. The first-order chi connectivity index (χ1) is 18.9. The third-order valence-corrected chi connectivity index (χ3v) is 5.81. The highest BCUT2D eigenvalue weighted by Gasteiger charge is 2.31. The summed E-state index contributed by atoms with van der Waals surface area (Å²) in [5.74, 6) is -0.873.